The van der Waals surface area contributed by atoms with Gasteiger partial charge in [-0.25, -0.2) is 0 Å². The Balaban J connectivity index is 1.92. The molecule has 2 heterocycles. The van der Waals surface area contributed by atoms with Crippen molar-refractivity contribution in [2.75, 3.05) is 5.32 Å². The first-order chi connectivity index (χ1) is 9.54. The molecule has 2 aromatic heterocycles. The number of aromatic amines is 1. The zero-order valence-corrected chi connectivity index (χ0v) is 11.9. The third-order valence-corrected chi connectivity index (χ3v) is 4.73. The Hall–Kier alpha value is -2.15. The quantitative estimate of drug-likeness (QED) is 0.483. The average molecular weight is 335 g/mol. The molecule has 0 bridgehead atoms. The minimum absolute atomic E-state index is 0.0306. The van der Waals surface area contributed by atoms with Gasteiger partial charge in [0, 0.05) is 0 Å². The van der Waals surface area contributed by atoms with E-state index in [2.05, 4.69) is 25.3 Å². The summed E-state index contributed by atoms with van der Waals surface area (Å²) in [5, 5.41) is 3.04. The molecule has 20 heavy (non-hydrogen) atoms. The summed E-state index contributed by atoms with van der Waals surface area (Å²) in [7, 11) is 0. The van der Waals surface area contributed by atoms with E-state index in [0.29, 0.717) is 22.7 Å². The van der Waals surface area contributed by atoms with Gasteiger partial charge in [-0.05, 0) is 0 Å². The molecule has 0 saturated heterocycles. The van der Waals surface area contributed by atoms with Crippen LogP contribution in [0, 0.1) is 0 Å². The van der Waals surface area contributed by atoms with E-state index in [-0.39, 0.29) is 4.35 Å². The predicted octanol–water partition coefficient (Wildman–Crippen LogP) is -0.343. The van der Waals surface area contributed by atoms with E-state index in [1.807, 2.05) is 0 Å². The third-order valence-electron chi connectivity index (χ3n) is 2.69. The summed E-state index contributed by atoms with van der Waals surface area (Å²) in [5.41, 5.74) is 1.86. The van der Waals surface area contributed by atoms with Crippen LogP contribution >= 0.6 is 0 Å². The van der Waals surface area contributed by atoms with E-state index in [0.717, 1.165) is 0 Å². The van der Waals surface area contributed by atoms with Gasteiger partial charge in [0.1, 0.15) is 0 Å². The van der Waals surface area contributed by atoms with E-state index >= 15 is 0 Å². The second-order valence-corrected chi connectivity index (χ2v) is 7.41. The molecule has 0 aliphatic carbocycles. The van der Waals surface area contributed by atoms with Crippen LogP contribution in [0.25, 0.3) is 11.2 Å². The zero-order valence-electron chi connectivity index (χ0n) is 10.1. The molecule has 1 aromatic carbocycles. The number of aromatic nitrogens is 4. The Kier molecular flexibility index (Phi) is 3.05. The first-order valence-corrected chi connectivity index (χ1v) is 8.99. The van der Waals surface area contributed by atoms with E-state index in [4.69, 9.17) is 8.19 Å². The molecule has 0 atom stereocenters. The maximum absolute atomic E-state index is 11.1. The summed E-state index contributed by atoms with van der Waals surface area (Å²) < 4.78 is 29.4. The summed E-state index contributed by atoms with van der Waals surface area (Å²) in [4.78, 5) is 15.0. The van der Waals surface area contributed by atoms with Crippen LogP contribution in [0.4, 0.5) is 11.5 Å². The van der Waals surface area contributed by atoms with Gasteiger partial charge in [0.25, 0.3) is 0 Å². The van der Waals surface area contributed by atoms with Gasteiger partial charge >= 0.3 is 115 Å². The molecule has 0 amide bonds. The normalized spacial score (nSPS) is 11.7. The van der Waals surface area contributed by atoms with Crippen LogP contribution in [0.5, 0.6) is 0 Å². The van der Waals surface area contributed by atoms with E-state index in [9.17, 15) is 3.74 Å². The Bertz CT molecular complexity index is 795. The van der Waals surface area contributed by atoms with Gasteiger partial charge in [-0.1, -0.05) is 0 Å². The Morgan fingerprint density at radius 2 is 1.85 bits per heavy atom. The summed E-state index contributed by atoms with van der Waals surface area (Å²) in [5.74, 6) is 0.543. The Morgan fingerprint density at radius 1 is 1.10 bits per heavy atom. The number of H-pyrrole nitrogens is 1. The van der Waals surface area contributed by atoms with Crippen molar-refractivity contribution in [1.29, 1.82) is 0 Å². The second kappa shape index (κ2) is 4.75. The molecule has 9 heteroatoms. The SMILES string of the molecule is O=[As](O)(O)c1ccc(Nc2ncnc3nc[nH]c23)cc1. The number of nitrogens with zero attached hydrogens (tertiary/aromatic N) is 3. The molecule has 0 aliphatic heterocycles. The summed E-state index contributed by atoms with van der Waals surface area (Å²) >= 11 is -4.84. The number of imidazole rings is 1. The van der Waals surface area contributed by atoms with Crippen LogP contribution < -0.4 is 9.67 Å². The van der Waals surface area contributed by atoms with Crippen molar-refractivity contribution in [3.63, 3.8) is 0 Å². The van der Waals surface area contributed by atoms with Gasteiger partial charge in [-0.2, -0.15) is 0 Å². The van der Waals surface area contributed by atoms with E-state index in [1.54, 1.807) is 12.1 Å². The molecular weight excluding hydrogens is 325 g/mol. The molecule has 8 nitrogen and oxygen atoms in total. The van der Waals surface area contributed by atoms with Crippen molar-refractivity contribution < 1.29 is 11.9 Å². The van der Waals surface area contributed by atoms with E-state index < -0.39 is 14.2 Å². The monoisotopic (exact) mass is 335 g/mol. The van der Waals surface area contributed by atoms with Crippen LogP contribution in [0.15, 0.2) is 36.9 Å². The van der Waals surface area contributed by atoms with Crippen molar-refractivity contribution in [1.82, 2.24) is 19.9 Å². The molecule has 3 rings (SSSR count). The number of hydrogen-bond acceptors (Lipinski definition) is 5. The van der Waals surface area contributed by atoms with Crippen molar-refractivity contribution in [3.8, 4) is 0 Å². The fourth-order valence-corrected chi connectivity index (χ4v) is 2.86. The van der Waals surface area contributed by atoms with Gasteiger partial charge in [-0.15, -0.1) is 0 Å². The summed E-state index contributed by atoms with van der Waals surface area (Å²) in [6.45, 7) is 0. The zero-order chi connectivity index (χ0) is 14.2. The standard InChI is InChI=1S/C11H10AsN5O3/c18-12(19,20)7-1-3-8(4-2-7)17-11-9-10(14-5-13-9)15-6-16-11/h1-6H,(H2,18,19,20)(H2,13,14,15,16,17). The first kappa shape index (κ1) is 12.9. The second-order valence-electron chi connectivity index (χ2n) is 4.04. The molecule has 0 fully saturated rings. The molecule has 0 saturated carbocycles. The summed E-state index contributed by atoms with van der Waals surface area (Å²) in [6, 6.07) is 5.96. The van der Waals surface area contributed by atoms with Gasteiger partial charge in [-0.3, -0.25) is 0 Å². The first-order valence-electron chi connectivity index (χ1n) is 5.61. The molecule has 3 aromatic rings. The van der Waals surface area contributed by atoms with Crippen LogP contribution in [0.2, 0.25) is 0 Å². The number of rotatable bonds is 3. The number of fused-ring (bicyclic) bond motifs is 1. The summed E-state index contributed by atoms with van der Waals surface area (Å²) in [6.07, 6.45) is 2.91. The van der Waals surface area contributed by atoms with Gasteiger partial charge in [0.05, 0.1) is 0 Å². The van der Waals surface area contributed by atoms with Crippen LogP contribution in [-0.2, 0) is 3.74 Å². The van der Waals surface area contributed by atoms with E-state index in [1.165, 1.54) is 24.8 Å². The van der Waals surface area contributed by atoms with Gasteiger partial charge < -0.3 is 0 Å². The Morgan fingerprint density at radius 3 is 2.55 bits per heavy atom. The van der Waals surface area contributed by atoms with Crippen LogP contribution in [0.1, 0.15) is 0 Å². The van der Waals surface area contributed by atoms with Crippen molar-refractivity contribution in [2.24, 2.45) is 0 Å². The molecule has 4 N–H and O–H groups in total. The molecule has 0 spiro atoms. The van der Waals surface area contributed by atoms with Crippen molar-refractivity contribution >= 4 is 41.2 Å². The average Bonchev–Trinajstić information content (AvgIpc) is 2.88. The predicted molar refractivity (Wildman–Crippen MR) is 71.9 cm³/mol. The molecular formula is C11H10AsN5O3. The van der Waals surface area contributed by atoms with Crippen LogP contribution in [0.3, 0.4) is 0 Å². The number of benzene rings is 1. The Labute approximate surface area is 115 Å². The van der Waals surface area contributed by atoms with Gasteiger partial charge in [0.15, 0.2) is 0 Å². The molecule has 0 unspecified atom stereocenters. The molecule has 102 valence electrons. The maximum atomic E-state index is 11.1. The molecule has 0 radical (unpaired) electrons. The minimum atomic E-state index is -4.84. The number of anilines is 2. The number of nitrogens with one attached hydrogen (secondary N) is 2. The fraction of sp³-hybridized carbons (Fsp3) is 0. The molecule has 0 aliphatic rings. The topological polar surface area (TPSA) is 124 Å². The van der Waals surface area contributed by atoms with Crippen molar-refractivity contribution in [3.05, 3.63) is 36.9 Å². The van der Waals surface area contributed by atoms with Gasteiger partial charge in [0.2, 0.25) is 0 Å². The van der Waals surface area contributed by atoms with Crippen LogP contribution in [-0.4, -0.2) is 42.3 Å². The third kappa shape index (κ3) is 2.44. The number of hydrogen-bond donors (Lipinski definition) is 4. The van der Waals surface area contributed by atoms with Crippen molar-refractivity contribution in [2.45, 2.75) is 0 Å². The fourth-order valence-electron chi connectivity index (χ4n) is 1.74.